The first-order valence-electron chi connectivity index (χ1n) is 14.2. The molecule has 0 spiro atoms. The molecule has 2 aliphatic heterocycles. The lowest BCUT2D eigenvalue weighted by Crippen LogP contribution is -2.33. The molecule has 7 nitrogen and oxygen atoms in total. The number of hydrogen-bond acceptors (Lipinski definition) is 7. The Balaban J connectivity index is 1.19. The molecule has 2 fully saturated rings. The first-order chi connectivity index (χ1) is 19.3. The van der Waals surface area contributed by atoms with Crippen molar-refractivity contribution in [2.45, 2.75) is 57.8 Å². The summed E-state index contributed by atoms with van der Waals surface area (Å²) in [5.41, 5.74) is 10.5. The summed E-state index contributed by atoms with van der Waals surface area (Å²) in [5, 5.41) is 1.95. The number of thiazole rings is 1. The van der Waals surface area contributed by atoms with Crippen molar-refractivity contribution in [1.82, 2.24) is 19.8 Å². The van der Waals surface area contributed by atoms with Gasteiger partial charge in [-0.25, -0.2) is 14.4 Å². The highest BCUT2D eigenvalue weighted by molar-refractivity contribution is 7.18. The van der Waals surface area contributed by atoms with Crippen molar-refractivity contribution >= 4 is 44.2 Å². The summed E-state index contributed by atoms with van der Waals surface area (Å²) in [6, 6.07) is 9.28. The van der Waals surface area contributed by atoms with Crippen molar-refractivity contribution in [3.63, 3.8) is 0 Å². The Morgan fingerprint density at radius 3 is 2.73 bits per heavy atom. The number of halogens is 1. The molecule has 1 atom stereocenters. The molecule has 208 valence electrons. The average Bonchev–Trinajstić information content (AvgIpc) is 3.51. The van der Waals surface area contributed by atoms with E-state index in [1.807, 2.05) is 11.8 Å². The van der Waals surface area contributed by atoms with E-state index >= 15 is 4.39 Å². The number of benzene rings is 2. The number of nitrogens with two attached hydrogens (primary N) is 1. The van der Waals surface area contributed by atoms with E-state index in [1.165, 1.54) is 11.1 Å². The molecule has 2 aromatic heterocycles. The van der Waals surface area contributed by atoms with Crippen LogP contribution in [0.15, 0.2) is 30.3 Å². The Kier molecular flexibility index (Phi) is 6.48. The Labute approximate surface area is 237 Å². The SMILES string of the molecule is C[C@H]1OCc2c1c(N)nc1cc(F)c(C(=O)N(Cc3ccc4nc(C5CCN(C)CC5)sc4c3)CC3CC3)cc21. The summed E-state index contributed by atoms with van der Waals surface area (Å²) >= 11 is 1.77. The minimum atomic E-state index is -0.571. The number of fused-ring (bicyclic) bond motifs is 4. The van der Waals surface area contributed by atoms with E-state index in [4.69, 9.17) is 15.5 Å². The minimum absolute atomic E-state index is 0.0740. The van der Waals surface area contributed by atoms with E-state index in [-0.39, 0.29) is 17.6 Å². The third-order valence-electron chi connectivity index (χ3n) is 8.74. The number of carbonyl (C=O) groups excluding carboxylic acids is 1. The molecule has 4 heterocycles. The summed E-state index contributed by atoms with van der Waals surface area (Å²) < 4.78 is 22.4. The summed E-state index contributed by atoms with van der Waals surface area (Å²) in [4.78, 5) is 27.5. The second kappa shape index (κ2) is 10.0. The highest BCUT2D eigenvalue weighted by Gasteiger charge is 2.31. The van der Waals surface area contributed by atoms with E-state index in [0.717, 1.165) is 71.1 Å². The molecular weight excluding hydrogens is 525 g/mol. The lowest BCUT2D eigenvalue weighted by Gasteiger charge is -2.27. The van der Waals surface area contributed by atoms with Crippen molar-refractivity contribution < 1.29 is 13.9 Å². The quantitative estimate of drug-likeness (QED) is 0.311. The fraction of sp³-hybridized carbons (Fsp3) is 0.452. The van der Waals surface area contributed by atoms with Crippen LogP contribution in [0.5, 0.6) is 0 Å². The summed E-state index contributed by atoms with van der Waals surface area (Å²) in [5.74, 6) is 0.480. The molecule has 2 aromatic carbocycles. The topological polar surface area (TPSA) is 84.6 Å². The lowest BCUT2D eigenvalue weighted by atomic mass is 9.98. The smallest absolute Gasteiger partial charge is 0.257 e. The molecule has 1 amide bonds. The molecule has 2 N–H and O–H groups in total. The third kappa shape index (κ3) is 4.74. The Hall–Kier alpha value is -3.14. The van der Waals surface area contributed by atoms with Gasteiger partial charge in [0.05, 0.1) is 39.0 Å². The van der Waals surface area contributed by atoms with E-state index in [9.17, 15) is 4.79 Å². The zero-order chi connectivity index (χ0) is 27.5. The van der Waals surface area contributed by atoms with Gasteiger partial charge >= 0.3 is 0 Å². The van der Waals surface area contributed by atoms with E-state index < -0.39 is 5.82 Å². The molecule has 40 heavy (non-hydrogen) atoms. The molecule has 9 heteroatoms. The second-order valence-corrected chi connectivity index (χ2v) is 12.8. The maximum atomic E-state index is 15.4. The number of anilines is 1. The van der Waals surface area contributed by atoms with Gasteiger partial charge in [-0.05, 0) is 88.0 Å². The number of nitrogens with zero attached hydrogens (tertiary/aromatic N) is 4. The Bertz CT molecular complexity index is 1630. The van der Waals surface area contributed by atoms with Gasteiger partial charge in [-0.2, -0.15) is 0 Å². The van der Waals surface area contributed by atoms with Gasteiger partial charge in [0, 0.05) is 36.0 Å². The molecule has 0 unspecified atom stereocenters. The van der Waals surface area contributed by atoms with Crippen molar-refractivity contribution in [3.05, 3.63) is 63.4 Å². The van der Waals surface area contributed by atoms with Crippen LogP contribution in [-0.4, -0.2) is 52.4 Å². The molecule has 0 radical (unpaired) electrons. The van der Waals surface area contributed by atoms with Crippen molar-refractivity contribution in [2.75, 3.05) is 32.4 Å². The van der Waals surface area contributed by atoms with Crippen LogP contribution in [0, 0.1) is 11.7 Å². The normalized spacial score (nSPS) is 19.9. The summed E-state index contributed by atoms with van der Waals surface area (Å²) in [6.45, 7) is 5.57. The minimum Gasteiger partial charge on any atom is -0.383 e. The van der Waals surface area contributed by atoms with Gasteiger partial charge in [-0.15, -0.1) is 11.3 Å². The number of ether oxygens (including phenoxy) is 1. The Morgan fingerprint density at radius 2 is 1.95 bits per heavy atom. The zero-order valence-electron chi connectivity index (χ0n) is 23.0. The molecule has 1 saturated carbocycles. The fourth-order valence-corrected chi connectivity index (χ4v) is 7.39. The van der Waals surface area contributed by atoms with Gasteiger partial charge in [0.1, 0.15) is 11.6 Å². The zero-order valence-corrected chi connectivity index (χ0v) is 23.8. The average molecular weight is 560 g/mol. The van der Waals surface area contributed by atoms with Crippen LogP contribution in [0.3, 0.4) is 0 Å². The predicted octanol–water partition coefficient (Wildman–Crippen LogP) is 6.02. The number of carbonyl (C=O) groups is 1. The molecule has 4 aromatic rings. The lowest BCUT2D eigenvalue weighted by molar-refractivity contribution is 0.0730. The number of rotatable bonds is 6. The molecule has 7 rings (SSSR count). The molecule has 3 aliphatic rings. The number of nitrogen functional groups attached to an aromatic ring is 1. The van der Waals surface area contributed by atoms with Crippen LogP contribution < -0.4 is 5.73 Å². The highest BCUT2D eigenvalue weighted by Crippen LogP contribution is 2.39. The van der Waals surface area contributed by atoms with E-state index in [1.54, 1.807) is 17.4 Å². The summed E-state index contributed by atoms with van der Waals surface area (Å²) in [7, 11) is 2.17. The largest absolute Gasteiger partial charge is 0.383 e. The molecule has 1 aliphatic carbocycles. The van der Waals surface area contributed by atoms with Gasteiger partial charge in [0.25, 0.3) is 5.91 Å². The maximum Gasteiger partial charge on any atom is 0.257 e. The van der Waals surface area contributed by atoms with E-state index in [0.29, 0.717) is 42.9 Å². The number of likely N-dealkylation sites (tertiary alicyclic amines) is 1. The van der Waals surface area contributed by atoms with Crippen LogP contribution >= 0.6 is 11.3 Å². The monoisotopic (exact) mass is 559 g/mol. The van der Waals surface area contributed by atoms with Crippen molar-refractivity contribution in [1.29, 1.82) is 0 Å². The van der Waals surface area contributed by atoms with Gasteiger partial charge in [-0.1, -0.05) is 6.07 Å². The fourth-order valence-electron chi connectivity index (χ4n) is 6.19. The van der Waals surface area contributed by atoms with Gasteiger partial charge in [0.2, 0.25) is 0 Å². The van der Waals surface area contributed by atoms with Gasteiger partial charge in [-0.3, -0.25) is 4.79 Å². The number of pyridine rings is 1. The highest BCUT2D eigenvalue weighted by atomic mass is 32.1. The van der Waals surface area contributed by atoms with Crippen LogP contribution in [-0.2, 0) is 17.9 Å². The summed E-state index contributed by atoms with van der Waals surface area (Å²) in [6.07, 6.45) is 4.30. The molecular formula is C31H34FN5O2S. The standard InChI is InChI=1S/C31H34FN5O2S/c1-17-28-23(16-39-17)21-12-22(24(32)13-26(21)34-29(28)33)31(38)37(14-18-3-4-18)15-19-5-6-25-27(11-19)40-30(35-25)20-7-9-36(2)10-8-20/h5-6,11-13,17-18,20H,3-4,7-10,14-16H2,1-2H3,(H2,33,34)/t17-/m1/s1. The number of hydrogen-bond donors (Lipinski definition) is 1. The third-order valence-corrected chi connectivity index (χ3v) is 9.92. The molecule has 0 bridgehead atoms. The van der Waals surface area contributed by atoms with Gasteiger partial charge in [0.15, 0.2) is 0 Å². The number of piperidine rings is 1. The maximum absolute atomic E-state index is 15.4. The van der Waals surface area contributed by atoms with Crippen LogP contribution in [0.2, 0.25) is 0 Å². The first-order valence-corrected chi connectivity index (χ1v) is 15.1. The number of aromatic nitrogens is 2. The van der Waals surface area contributed by atoms with Crippen LogP contribution in [0.4, 0.5) is 10.2 Å². The van der Waals surface area contributed by atoms with Crippen molar-refractivity contribution in [3.8, 4) is 0 Å². The second-order valence-electron chi connectivity index (χ2n) is 11.8. The first kappa shape index (κ1) is 25.8. The van der Waals surface area contributed by atoms with Gasteiger partial charge < -0.3 is 20.3 Å². The predicted molar refractivity (Wildman–Crippen MR) is 156 cm³/mol. The van der Waals surface area contributed by atoms with Crippen LogP contribution in [0.25, 0.3) is 21.1 Å². The van der Waals surface area contributed by atoms with E-state index in [2.05, 4.69) is 35.1 Å². The van der Waals surface area contributed by atoms with Crippen molar-refractivity contribution in [2.24, 2.45) is 5.92 Å². The van der Waals surface area contributed by atoms with Crippen LogP contribution in [0.1, 0.15) is 76.7 Å². The molecule has 1 saturated heterocycles. The number of amides is 1. The Morgan fingerprint density at radius 1 is 1.15 bits per heavy atom.